The molecule has 8 heteroatoms. The van der Waals surface area contributed by atoms with Crippen LogP contribution >= 0.6 is 34.9 Å². The molecule has 2 aromatic rings. The van der Waals surface area contributed by atoms with Gasteiger partial charge >= 0.3 is 0 Å². The molecule has 0 saturated carbocycles. The van der Waals surface area contributed by atoms with Gasteiger partial charge in [0.15, 0.2) is 14.5 Å². The first kappa shape index (κ1) is 19.4. The highest BCUT2D eigenvalue weighted by Crippen LogP contribution is 2.34. The maximum Gasteiger partial charge on any atom is 0.223 e. The van der Waals surface area contributed by atoms with Crippen molar-refractivity contribution in [3.8, 4) is 0 Å². The van der Waals surface area contributed by atoms with Crippen molar-refractivity contribution in [1.29, 1.82) is 0 Å². The van der Waals surface area contributed by atoms with Crippen LogP contribution in [0.25, 0.3) is 0 Å². The van der Waals surface area contributed by atoms with Crippen molar-refractivity contribution in [1.82, 2.24) is 10.2 Å². The smallest absolute Gasteiger partial charge is 0.223 e. The lowest BCUT2D eigenvalue weighted by Crippen LogP contribution is -2.25. The third-order valence-corrected chi connectivity index (χ3v) is 7.55. The van der Waals surface area contributed by atoms with E-state index in [1.165, 1.54) is 11.8 Å². The Morgan fingerprint density at radius 2 is 2.08 bits per heavy atom. The van der Waals surface area contributed by atoms with Gasteiger partial charge in [0.1, 0.15) is 0 Å². The molecule has 3 rings (SSSR count). The fraction of sp³-hybridized carbons (Fsp3) is 0.444. The van der Waals surface area contributed by atoms with Gasteiger partial charge in [-0.15, -0.1) is 10.2 Å². The molecular weight excluding hydrogens is 386 g/mol. The number of hydrogen-bond donors (Lipinski definition) is 0. The van der Waals surface area contributed by atoms with Crippen LogP contribution in [0.5, 0.6) is 0 Å². The van der Waals surface area contributed by atoms with E-state index in [2.05, 4.69) is 17.1 Å². The molecule has 0 aliphatic carbocycles. The standard InChI is InChI=1S/C18H21N3O2S3/c1-4-9-24-17-19-20-18(26-17)25-11(2)16(23)14-5-6-15-13(10-14)7-8-21(15)12(3)22/h5-6,10-11H,4,7-9H2,1-3H3. The summed E-state index contributed by atoms with van der Waals surface area (Å²) in [7, 11) is 0. The van der Waals surface area contributed by atoms with Gasteiger partial charge in [-0.1, -0.05) is 41.8 Å². The first-order valence-corrected chi connectivity index (χ1v) is 11.3. The van der Waals surface area contributed by atoms with Crippen LogP contribution in [0.4, 0.5) is 5.69 Å². The molecule has 1 aromatic heterocycles. The first-order valence-electron chi connectivity index (χ1n) is 8.57. The SMILES string of the molecule is CCCSc1nnc(SC(C)C(=O)c2ccc3c(c2)CCN3C(C)=O)s1. The highest BCUT2D eigenvalue weighted by Gasteiger charge is 2.25. The Bertz CT molecular complexity index is 822. The summed E-state index contributed by atoms with van der Waals surface area (Å²) in [6, 6.07) is 5.64. The summed E-state index contributed by atoms with van der Waals surface area (Å²) in [6.07, 6.45) is 1.90. The zero-order valence-corrected chi connectivity index (χ0v) is 17.5. The molecule has 0 bridgehead atoms. The van der Waals surface area contributed by atoms with E-state index in [1.807, 2.05) is 25.1 Å². The fourth-order valence-corrected chi connectivity index (χ4v) is 5.98. The van der Waals surface area contributed by atoms with E-state index in [9.17, 15) is 9.59 Å². The van der Waals surface area contributed by atoms with Gasteiger partial charge in [-0.3, -0.25) is 9.59 Å². The van der Waals surface area contributed by atoms with Gasteiger partial charge < -0.3 is 4.90 Å². The third-order valence-electron chi connectivity index (χ3n) is 4.10. The van der Waals surface area contributed by atoms with Crippen LogP contribution in [0.2, 0.25) is 0 Å². The molecule has 1 atom stereocenters. The number of thioether (sulfide) groups is 2. The number of Topliss-reactive ketones (excluding diaryl/α,β-unsaturated/α-hetero) is 1. The lowest BCUT2D eigenvalue weighted by atomic mass is 10.0. The van der Waals surface area contributed by atoms with Crippen LogP contribution in [-0.2, 0) is 11.2 Å². The number of carbonyl (C=O) groups excluding carboxylic acids is 2. The topological polar surface area (TPSA) is 63.2 Å². The molecule has 0 N–H and O–H groups in total. The number of amides is 1. The van der Waals surface area contributed by atoms with E-state index >= 15 is 0 Å². The average Bonchev–Trinajstić information content (AvgIpc) is 3.25. The summed E-state index contributed by atoms with van der Waals surface area (Å²) >= 11 is 4.71. The van der Waals surface area contributed by atoms with Crippen molar-refractivity contribution in [2.24, 2.45) is 0 Å². The van der Waals surface area contributed by atoms with Gasteiger partial charge in [-0.25, -0.2) is 0 Å². The largest absolute Gasteiger partial charge is 0.312 e. The number of rotatable bonds is 7. The molecule has 0 radical (unpaired) electrons. The summed E-state index contributed by atoms with van der Waals surface area (Å²) in [5.41, 5.74) is 2.69. The van der Waals surface area contributed by atoms with E-state index in [4.69, 9.17) is 0 Å². The average molecular weight is 408 g/mol. The van der Waals surface area contributed by atoms with Crippen LogP contribution in [0, 0.1) is 0 Å². The Hall–Kier alpha value is -1.38. The lowest BCUT2D eigenvalue weighted by molar-refractivity contribution is -0.116. The molecule has 138 valence electrons. The van der Waals surface area contributed by atoms with Gasteiger partial charge in [0, 0.05) is 30.5 Å². The number of ketones is 1. The molecule has 2 heterocycles. The molecule has 0 fully saturated rings. The molecule has 26 heavy (non-hydrogen) atoms. The molecule has 1 aromatic carbocycles. The van der Waals surface area contributed by atoms with Crippen molar-refractivity contribution in [2.75, 3.05) is 17.2 Å². The Kier molecular flexibility index (Phi) is 6.37. The molecular formula is C18H21N3O2S3. The summed E-state index contributed by atoms with van der Waals surface area (Å²) in [4.78, 5) is 26.2. The lowest BCUT2D eigenvalue weighted by Gasteiger charge is -2.15. The molecule has 0 saturated heterocycles. The number of carbonyl (C=O) groups is 2. The van der Waals surface area contributed by atoms with Crippen molar-refractivity contribution in [3.05, 3.63) is 29.3 Å². The zero-order valence-electron chi connectivity index (χ0n) is 15.0. The van der Waals surface area contributed by atoms with Gasteiger partial charge in [0.05, 0.1) is 5.25 Å². The maximum absolute atomic E-state index is 12.8. The van der Waals surface area contributed by atoms with Crippen molar-refractivity contribution in [3.63, 3.8) is 0 Å². The van der Waals surface area contributed by atoms with E-state index < -0.39 is 0 Å². The van der Waals surface area contributed by atoms with Crippen LogP contribution in [0.1, 0.15) is 43.1 Å². The summed E-state index contributed by atoms with van der Waals surface area (Å²) in [5.74, 6) is 1.15. The predicted molar refractivity (Wildman–Crippen MR) is 109 cm³/mol. The molecule has 1 aliphatic rings. The summed E-state index contributed by atoms with van der Waals surface area (Å²) in [5, 5.41) is 8.13. The highest BCUT2D eigenvalue weighted by molar-refractivity contribution is 8.03. The molecule has 5 nitrogen and oxygen atoms in total. The predicted octanol–water partition coefficient (Wildman–Crippen LogP) is 4.31. The number of nitrogens with zero attached hydrogens (tertiary/aromatic N) is 3. The second kappa shape index (κ2) is 8.54. The van der Waals surface area contributed by atoms with E-state index in [0.29, 0.717) is 12.1 Å². The van der Waals surface area contributed by atoms with Crippen LogP contribution in [-0.4, -0.2) is 39.4 Å². The van der Waals surface area contributed by atoms with Crippen molar-refractivity contribution in [2.45, 2.75) is 47.5 Å². The minimum Gasteiger partial charge on any atom is -0.312 e. The summed E-state index contributed by atoms with van der Waals surface area (Å²) < 4.78 is 1.78. The van der Waals surface area contributed by atoms with E-state index in [-0.39, 0.29) is 16.9 Å². The normalized spacial score (nSPS) is 14.3. The Balaban J connectivity index is 1.67. The van der Waals surface area contributed by atoms with Gasteiger partial charge in [-0.05, 0) is 43.5 Å². The number of aromatic nitrogens is 2. The molecule has 1 amide bonds. The number of anilines is 1. The quantitative estimate of drug-likeness (QED) is 0.503. The Morgan fingerprint density at radius 1 is 1.31 bits per heavy atom. The first-order chi connectivity index (χ1) is 12.5. The Labute approximate surface area is 166 Å². The van der Waals surface area contributed by atoms with Crippen LogP contribution < -0.4 is 4.90 Å². The minimum atomic E-state index is -0.227. The van der Waals surface area contributed by atoms with E-state index in [1.54, 1.807) is 34.9 Å². The van der Waals surface area contributed by atoms with Gasteiger partial charge in [0.2, 0.25) is 5.91 Å². The molecule has 0 spiro atoms. The van der Waals surface area contributed by atoms with Crippen LogP contribution in [0.15, 0.2) is 26.9 Å². The van der Waals surface area contributed by atoms with Crippen molar-refractivity contribution >= 4 is 52.2 Å². The van der Waals surface area contributed by atoms with Gasteiger partial charge in [0.25, 0.3) is 0 Å². The van der Waals surface area contributed by atoms with Crippen molar-refractivity contribution < 1.29 is 9.59 Å². The molecule has 1 unspecified atom stereocenters. The minimum absolute atomic E-state index is 0.0415. The second-order valence-corrected chi connectivity index (χ2v) is 9.98. The van der Waals surface area contributed by atoms with Gasteiger partial charge in [-0.2, -0.15) is 0 Å². The summed E-state index contributed by atoms with van der Waals surface area (Å²) in [6.45, 7) is 6.30. The second-order valence-electron chi connectivity index (χ2n) is 6.07. The number of fused-ring (bicyclic) bond motifs is 1. The Morgan fingerprint density at radius 3 is 2.81 bits per heavy atom. The monoisotopic (exact) mass is 407 g/mol. The molecule has 1 aliphatic heterocycles. The zero-order chi connectivity index (χ0) is 18.7. The van der Waals surface area contributed by atoms with Crippen LogP contribution in [0.3, 0.4) is 0 Å². The van der Waals surface area contributed by atoms with E-state index in [0.717, 1.165) is 38.5 Å². The third kappa shape index (κ3) is 4.29. The number of benzene rings is 1. The number of hydrogen-bond acceptors (Lipinski definition) is 7. The fourth-order valence-electron chi connectivity index (χ4n) is 2.81. The maximum atomic E-state index is 12.8. The highest BCUT2D eigenvalue weighted by atomic mass is 32.2.